The Balaban J connectivity index is 1.49. The number of rotatable bonds is 4. The normalized spacial score (nSPS) is 14.0. The van der Waals surface area contributed by atoms with Gasteiger partial charge in [0.15, 0.2) is 0 Å². The average Bonchev–Trinajstić information content (AvgIpc) is 3.41. The zero-order chi connectivity index (χ0) is 19.8. The van der Waals surface area contributed by atoms with Gasteiger partial charge >= 0.3 is 0 Å². The van der Waals surface area contributed by atoms with Gasteiger partial charge in [-0.1, -0.05) is 30.3 Å². The smallest absolute Gasteiger partial charge is 0.257 e. The molecule has 0 aliphatic carbocycles. The number of hydrogen-bond donors (Lipinski definition) is 0. The summed E-state index contributed by atoms with van der Waals surface area (Å²) in [4.78, 5) is 27.0. The van der Waals surface area contributed by atoms with Gasteiger partial charge in [0.1, 0.15) is 10.8 Å². The number of carbonyl (C=O) groups is 1. The molecule has 0 N–H and O–H groups in total. The summed E-state index contributed by atoms with van der Waals surface area (Å²) in [6.07, 6.45) is 2.29. The third-order valence-corrected chi connectivity index (χ3v) is 6.42. The van der Waals surface area contributed by atoms with Gasteiger partial charge in [0.05, 0.1) is 27.8 Å². The first kappa shape index (κ1) is 18.1. The molecule has 2 aromatic carbocycles. The molecule has 0 spiro atoms. The number of benzene rings is 2. The Morgan fingerprint density at radius 2 is 1.76 bits per heavy atom. The van der Waals surface area contributed by atoms with E-state index in [9.17, 15) is 4.79 Å². The van der Waals surface area contributed by atoms with Crippen molar-refractivity contribution < 1.29 is 4.79 Å². The Morgan fingerprint density at radius 3 is 2.55 bits per heavy atom. The Kier molecular flexibility index (Phi) is 4.64. The molecule has 1 aliphatic rings. The van der Waals surface area contributed by atoms with Gasteiger partial charge in [-0.05, 0) is 37.1 Å². The number of hydrogen-bond acceptors (Lipinski definition) is 5. The Morgan fingerprint density at radius 1 is 1.03 bits per heavy atom. The quantitative estimate of drug-likeness (QED) is 0.496. The minimum atomic E-state index is -0.00981. The molecule has 5 nitrogen and oxygen atoms in total. The van der Waals surface area contributed by atoms with Crippen LogP contribution in [0.1, 0.15) is 28.2 Å². The summed E-state index contributed by atoms with van der Waals surface area (Å²) < 4.78 is 1.15. The van der Waals surface area contributed by atoms with E-state index in [1.165, 1.54) is 0 Å². The van der Waals surface area contributed by atoms with Gasteiger partial charge < -0.3 is 9.80 Å². The van der Waals surface area contributed by atoms with Crippen molar-refractivity contribution in [3.8, 4) is 0 Å². The summed E-state index contributed by atoms with van der Waals surface area (Å²) >= 11 is 1.64. The number of fused-ring (bicyclic) bond motifs is 2. The second kappa shape index (κ2) is 7.44. The van der Waals surface area contributed by atoms with Crippen molar-refractivity contribution in [2.24, 2.45) is 0 Å². The Labute approximate surface area is 173 Å². The van der Waals surface area contributed by atoms with Crippen LogP contribution in [0.2, 0.25) is 0 Å². The van der Waals surface area contributed by atoms with E-state index in [1.54, 1.807) is 16.2 Å². The van der Waals surface area contributed by atoms with Crippen LogP contribution in [0.25, 0.3) is 21.1 Å². The predicted octanol–water partition coefficient (Wildman–Crippen LogP) is 4.72. The van der Waals surface area contributed by atoms with E-state index < -0.39 is 0 Å². The van der Waals surface area contributed by atoms with Crippen molar-refractivity contribution >= 4 is 44.2 Å². The first-order chi connectivity index (χ1) is 14.2. The van der Waals surface area contributed by atoms with Crippen LogP contribution in [0.5, 0.6) is 0 Å². The van der Waals surface area contributed by atoms with E-state index in [1.807, 2.05) is 55.6 Å². The van der Waals surface area contributed by atoms with E-state index in [4.69, 9.17) is 4.98 Å². The van der Waals surface area contributed by atoms with E-state index >= 15 is 0 Å². The molecular formula is C23H22N4OS. The fourth-order valence-corrected chi connectivity index (χ4v) is 4.92. The number of nitrogens with zero attached hydrogens (tertiary/aromatic N) is 4. The first-order valence-electron chi connectivity index (χ1n) is 9.94. The molecule has 0 radical (unpaired) electrons. The molecule has 0 atom stereocenters. The van der Waals surface area contributed by atoms with E-state index in [0.717, 1.165) is 57.9 Å². The standard InChI is InChI=1S/C23H22N4OS/c1-26(15-21-24-19-10-4-5-11-20(19)29-21)23(28)17-14-16-8-2-3-9-18(16)25-22(17)27-12-6-7-13-27/h2-5,8-11,14H,6-7,12-13,15H2,1H3. The van der Waals surface area contributed by atoms with Gasteiger partial charge in [-0.25, -0.2) is 9.97 Å². The van der Waals surface area contributed by atoms with Gasteiger partial charge in [0, 0.05) is 25.5 Å². The van der Waals surface area contributed by atoms with Gasteiger partial charge in [0.2, 0.25) is 0 Å². The van der Waals surface area contributed by atoms with Gasteiger partial charge in [0.25, 0.3) is 5.91 Å². The summed E-state index contributed by atoms with van der Waals surface area (Å²) in [5.74, 6) is 0.798. The van der Waals surface area contributed by atoms with Crippen LogP contribution >= 0.6 is 11.3 Å². The fourth-order valence-electron chi connectivity index (χ4n) is 3.90. The average molecular weight is 403 g/mol. The maximum atomic E-state index is 13.4. The van der Waals surface area contributed by atoms with Crippen LogP contribution in [0.4, 0.5) is 5.82 Å². The molecule has 0 unspecified atom stereocenters. The maximum Gasteiger partial charge on any atom is 0.257 e. The number of amides is 1. The molecule has 1 aliphatic heterocycles. The van der Waals surface area contributed by atoms with E-state index in [-0.39, 0.29) is 5.91 Å². The predicted molar refractivity (Wildman–Crippen MR) is 119 cm³/mol. The van der Waals surface area contributed by atoms with Crippen molar-refractivity contribution in [2.75, 3.05) is 25.0 Å². The molecule has 1 fully saturated rings. The van der Waals surface area contributed by atoms with Crippen LogP contribution in [-0.2, 0) is 6.54 Å². The van der Waals surface area contributed by atoms with Gasteiger partial charge in [-0.15, -0.1) is 11.3 Å². The third-order valence-electron chi connectivity index (χ3n) is 5.40. The Bertz CT molecular complexity index is 1160. The minimum absolute atomic E-state index is 0.00981. The molecule has 0 bridgehead atoms. The van der Waals surface area contributed by atoms with E-state index in [2.05, 4.69) is 16.0 Å². The highest BCUT2D eigenvalue weighted by molar-refractivity contribution is 7.18. The first-order valence-corrected chi connectivity index (χ1v) is 10.8. The molecule has 4 aromatic rings. The van der Waals surface area contributed by atoms with Crippen molar-refractivity contribution in [2.45, 2.75) is 19.4 Å². The van der Waals surface area contributed by atoms with Crippen LogP contribution in [-0.4, -0.2) is 40.9 Å². The third kappa shape index (κ3) is 3.44. The molecule has 2 aromatic heterocycles. The highest BCUT2D eigenvalue weighted by Gasteiger charge is 2.24. The lowest BCUT2D eigenvalue weighted by atomic mass is 10.1. The topological polar surface area (TPSA) is 49.3 Å². The summed E-state index contributed by atoms with van der Waals surface area (Å²) in [7, 11) is 1.84. The second-order valence-electron chi connectivity index (χ2n) is 7.48. The molecule has 0 saturated carbocycles. The van der Waals surface area contributed by atoms with Gasteiger partial charge in [-0.3, -0.25) is 4.79 Å². The maximum absolute atomic E-state index is 13.4. The zero-order valence-corrected chi connectivity index (χ0v) is 17.2. The summed E-state index contributed by atoms with van der Waals surface area (Å²) in [5.41, 5.74) is 2.59. The highest BCUT2D eigenvalue weighted by Crippen LogP contribution is 2.28. The Hall–Kier alpha value is -2.99. The van der Waals surface area contributed by atoms with Crippen molar-refractivity contribution in [1.82, 2.24) is 14.9 Å². The number of anilines is 1. The molecule has 5 rings (SSSR count). The van der Waals surface area contributed by atoms with Crippen LogP contribution < -0.4 is 4.90 Å². The molecule has 1 saturated heterocycles. The largest absolute Gasteiger partial charge is 0.356 e. The SMILES string of the molecule is CN(Cc1nc2ccccc2s1)C(=O)c1cc2ccccc2nc1N1CCCC1. The number of para-hydroxylation sites is 2. The van der Waals surface area contributed by atoms with Crippen LogP contribution in [0.3, 0.4) is 0 Å². The molecule has 6 heteroatoms. The monoisotopic (exact) mass is 402 g/mol. The lowest BCUT2D eigenvalue weighted by Gasteiger charge is -2.23. The van der Waals surface area contributed by atoms with Gasteiger partial charge in [-0.2, -0.15) is 0 Å². The van der Waals surface area contributed by atoms with Crippen LogP contribution in [0.15, 0.2) is 54.6 Å². The summed E-state index contributed by atoms with van der Waals surface area (Å²) in [5, 5.41) is 1.94. The summed E-state index contributed by atoms with van der Waals surface area (Å²) in [6.45, 7) is 2.39. The van der Waals surface area contributed by atoms with E-state index in [0.29, 0.717) is 12.1 Å². The lowest BCUT2D eigenvalue weighted by Crippen LogP contribution is -2.30. The molecule has 3 heterocycles. The highest BCUT2D eigenvalue weighted by atomic mass is 32.1. The molecule has 146 valence electrons. The van der Waals surface area contributed by atoms with Crippen molar-refractivity contribution in [3.63, 3.8) is 0 Å². The summed E-state index contributed by atoms with van der Waals surface area (Å²) in [6, 6.07) is 18.1. The number of pyridine rings is 1. The fraction of sp³-hybridized carbons (Fsp3) is 0.261. The molecule has 29 heavy (non-hydrogen) atoms. The zero-order valence-electron chi connectivity index (χ0n) is 16.3. The number of carbonyl (C=O) groups excluding carboxylic acids is 1. The lowest BCUT2D eigenvalue weighted by molar-refractivity contribution is 0.0785. The molecular weight excluding hydrogens is 380 g/mol. The minimum Gasteiger partial charge on any atom is -0.356 e. The number of thiazole rings is 1. The second-order valence-corrected chi connectivity index (χ2v) is 8.60. The van der Waals surface area contributed by atoms with Crippen molar-refractivity contribution in [3.05, 3.63) is 65.2 Å². The van der Waals surface area contributed by atoms with Crippen molar-refractivity contribution in [1.29, 1.82) is 0 Å². The number of aromatic nitrogens is 2. The van der Waals surface area contributed by atoms with Crippen LogP contribution in [0, 0.1) is 0 Å². The molecule has 1 amide bonds.